The van der Waals surface area contributed by atoms with E-state index in [0.29, 0.717) is 36.7 Å². The first-order valence-corrected chi connectivity index (χ1v) is 13.7. The lowest BCUT2D eigenvalue weighted by atomic mass is 10.0. The van der Waals surface area contributed by atoms with Crippen LogP contribution in [0.25, 0.3) is 10.2 Å². The number of anilines is 1. The average molecular weight is 518 g/mol. The normalized spacial score (nSPS) is 16.7. The lowest BCUT2D eigenvalue weighted by Gasteiger charge is -2.30. The Kier molecular flexibility index (Phi) is 7.68. The topological polar surface area (TPSA) is 115 Å². The van der Waals surface area contributed by atoms with E-state index in [0.717, 1.165) is 16.0 Å². The number of carbonyl (C=O) groups is 2. The second kappa shape index (κ2) is 10.7. The number of rotatable bonds is 8. The van der Waals surface area contributed by atoms with Gasteiger partial charge in [0.25, 0.3) is 5.91 Å². The number of piperidine rings is 1. The molecule has 0 radical (unpaired) electrons. The highest BCUT2D eigenvalue weighted by molar-refractivity contribution is 7.89. The fourth-order valence-electron chi connectivity index (χ4n) is 3.92. The Morgan fingerprint density at radius 2 is 1.91 bits per heavy atom. The second-order valence-electron chi connectivity index (χ2n) is 8.01. The smallest absolute Gasteiger partial charge is 0.310 e. The number of hydrogen-bond acceptors (Lipinski definition) is 8. The van der Waals surface area contributed by atoms with Crippen LogP contribution >= 0.6 is 11.3 Å². The molecule has 9 nitrogen and oxygen atoms in total. The first-order valence-electron chi connectivity index (χ1n) is 11.4. The lowest BCUT2D eigenvalue weighted by Crippen LogP contribution is -2.42. The van der Waals surface area contributed by atoms with Crippen molar-refractivity contribution in [2.45, 2.75) is 31.6 Å². The van der Waals surface area contributed by atoms with E-state index in [4.69, 9.17) is 9.47 Å². The van der Waals surface area contributed by atoms with Crippen LogP contribution < -0.4 is 10.1 Å². The minimum atomic E-state index is -3.80. The van der Waals surface area contributed by atoms with Crippen LogP contribution in [0.4, 0.5) is 5.13 Å². The molecule has 2 aromatic carbocycles. The molecule has 1 fully saturated rings. The van der Waals surface area contributed by atoms with E-state index in [9.17, 15) is 18.0 Å². The van der Waals surface area contributed by atoms with Crippen LogP contribution in [0.2, 0.25) is 0 Å². The largest absolute Gasteiger partial charge is 0.494 e. The molecule has 0 spiro atoms. The monoisotopic (exact) mass is 517 g/mol. The predicted molar refractivity (Wildman–Crippen MR) is 133 cm³/mol. The molecule has 1 aromatic heterocycles. The highest BCUT2D eigenvalue weighted by atomic mass is 32.2. The van der Waals surface area contributed by atoms with Crippen molar-refractivity contribution >= 4 is 48.6 Å². The maximum absolute atomic E-state index is 13.1. The van der Waals surface area contributed by atoms with Crippen molar-refractivity contribution < 1.29 is 27.5 Å². The molecule has 1 aliphatic rings. The van der Waals surface area contributed by atoms with Crippen molar-refractivity contribution in [3.05, 3.63) is 48.0 Å². The van der Waals surface area contributed by atoms with Gasteiger partial charge in [-0.1, -0.05) is 11.3 Å². The van der Waals surface area contributed by atoms with Gasteiger partial charge in [-0.15, -0.1) is 0 Å². The Morgan fingerprint density at radius 3 is 2.63 bits per heavy atom. The summed E-state index contributed by atoms with van der Waals surface area (Å²) in [5, 5.41) is 3.21. The number of sulfonamides is 1. The minimum Gasteiger partial charge on any atom is -0.494 e. The second-order valence-corrected chi connectivity index (χ2v) is 11.0. The highest BCUT2D eigenvalue weighted by Gasteiger charge is 2.34. The van der Waals surface area contributed by atoms with Gasteiger partial charge < -0.3 is 9.47 Å². The summed E-state index contributed by atoms with van der Waals surface area (Å²) in [4.78, 5) is 29.3. The number of aromatic nitrogens is 1. The predicted octanol–water partition coefficient (Wildman–Crippen LogP) is 3.91. The third-order valence-corrected chi connectivity index (χ3v) is 8.46. The molecule has 2 heterocycles. The number of ether oxygens (including phenoxy) is 2. The van der Waals surface area contributed by atoms with Crippen molar-refractivity contribution in [1.29, 1.82) is 0 Å². The van der Waals surface area contributed by atoms with E-state index in [1.807, 2.05) is 25.1 Å². The molecule has 186 valence electrons. The van der Waals surface area contributed by atoms with E-state index < -0.39 is 21.8 Å². The zero-order valence-electron chi connectivity index (χ0n) is 19.5. The lowest BCUT2D eigenvalue weighted by molar-refractivity contribution is -0.149. The van der Waals surface area contributed by atoms with E-state index >= 15 is 0 Å². The minimum absolute atomic E-state index is 0.0713. The molecule has 1 unspecified atom stereocenters. The number of amides is 1. The molecule has 0 aliphatic carbocycles. The van der Waals surface area contributed by atoms with Gasteiger partial charge in [-0.05, 0) is 69.2 Å². The molecule has 1 atom stereocenters. The van der Waals surface area contributed by atoms with Crippen molar-refractivity contribution in [3.63, 3.8) is 0 Å². The van der Waals surface area contributed by atoms with Crippen molar-refractivity contribution in [3.8, 4) is 5.75 Å². The van der Waals surface area contributed by atoms with Gasteiger partial charge in [0, 0.05) is 18.7 Å². The third kappa shape index (κ3) is 5.63. The summed E-state index contributed by atoms with van der Waals surface area (Å²) in [7, 11) is -3.80. The van der Waals surface area contributed by atoms with Crippen LogP contribution in [0, 0.1) is 5.92 Å². The number of thiazole rings is 1. The van der Waals surface area contributed by atoms with Gasteiger partial charge in [0.2, 0.25) is 10.0 Å². The summed E-state index contributed by atoms with van der Waals surface area (Å²) in [6.07, 6.45) is 1.18. The fourth-order valence-corrected chi connectivity index (χ4v) is 6.34. The van der Waals surface area contributed by atoms with Crippen LogP contribution in [-0.4, -0.2) is 55.9 Å². The summed E-state index contributed by atoms with van der Waals surface area (Å²) in [5.74, 6) is -0.496. The van der Waals surface area contributed by atoms with Crippen LogP contribution in [-0.2, 0) is 19.6 Å². The van der Waals surface area contributed by atoms with Gasteiger partial charge >= 0.3 is 5.97 Å². The number of nitrogens with one attached hydrogen (secondary N) is 1. The highest BCUT2D eigenvalue weighted by Crippen LogP contribution is 2.30. The average Bonchev–Trinajstić information content (AvgIpc) is 3.26. The molecule has 0 bridgehead atoms. The van der Waals surface area contributed by atoms with Gasteiger partial charge in [-0.25, -0.2) is 13.4 Å². The van der Waals surface area contributed by atoms with Crippen molar-refractivity contribution in [2.24, 2.45) is 5.92 Å². The quantitative estimate of drug-likeness (QED) is 0.451. The molecular formula is C24H27N3O6S2. The summed E-state index contributed by atoms with van der Waals surface area (Å²) in [6, 6.07) is 11.3. The zero-order valence-corrected chi connectivity index (χ0v) is 21.2. The van der Waals surface area contributed by atoms with E-state index in [2.05, 4.69) is 10.3 Å². The molecule has 3 aromatic rings. The summed E-state index contributed by atoms with van der Waals surface area (Å²) >= 11 is 1.33. The zero-order chi connectivity index (χ0) is 25.0. The Morgan fingerprint density at radius 1 is 1.14 bits per heavy atom. The molecule has 4 rings (SSSR count). The van der Waals surface area contributed by atoms with Gasteiger partial charge in [-0.3, -0.25) is 14.9 Å². The number of nitrogens with zero attached hydrogens (tertiary/aromatic N) is 2. The first kappa shape index (κ1) is 25.1. The fraction of sp³-hybridized carbons (Fsp3) is 0.375. The molecule has 1 N–H and O–H groups in total. The van der Waals surface area contributed by atoms with E-state index in [1.54, 1.807) is 6.92 Å². The molecule has 35 heavy (non-hydrogen) atoms. The molecule has 1 aliphatic heterocycles. The van der Waals surface area contributed by atoms with Gasteiger partial charge in [0.1, 0.15) is 5.75 Å². The molecule has 11 heteroatoms. The molecule has 0 saturated carbocycles. The first-order chi connectivity index (χ1) is 16.8. The van der Waals surface area contributed by atoms with E-state index in [-0.39, 0.29) is 24.0 Å². The van der Waals surface area contributed by atoms with Gasteiger partial charge in [0.15, 0.2) is 5.13 Å². The molecule has 1 amide bonds. The van der Waals surface area contributed by atoms with Crippen LogP contribution in [0.5, 0.6) is 5.75 Å². The molecular weight excluding hydrogens is 490 g/mol. The van der Waals surface area contributed by atoms with Crippen molar-refractivity contribution in [1.82, 2.24) is 9.29 Å². The SMILES string of the molecule is CCOC(=O)C1CCCN(S(=O)(=O)c2ccc(C(=O)Nc3nc4ccc(OCC)cc4s3)cc2)C1. The summed E-state index contributed by atoms with van der Waals surface area (Å²) in [6.45, 7) is 4.88. The van der Waals surface area contributed by atoms with Crippen LogP contribution in [0.1, 0.15) is 37.0 Å². The number of esters is 1. The van der Waals surface area contributed by atoms with Crippen LogP contribution in [0.15, 0.2) is 47.4 Å². The standard InChI is InChI=1S/C24H27N3O6S2/c1-3-32-18-9-12-20-21(14-18)34-24(25-20)26-22(28)16-7-10-19(11-8-16)35(30,31)27-13-5-6-17(15-27)23(29)33-4-2/h7-12,14,17H,3-6,13,15H2,1-2H3,(H,25,26,28). The van der Waals surface area contributed by atoms with E-state index in [1.165, 1.54) is 39.9 Å². The number of hydrogen-bond donors (Lipinski definition) is 1. The molecule has 1 saturated heterocycles. The van der Waals surface area contributed by atoms with Gasteiger partial charge in [-0.2, -0.15) is 4.31 Å². The Bertz CT molecular complexity index is 1320. The number of benzene rings is 2. The Hall–Kier alpha value is -3.02. The van der Waals surface area contributed by atoms with Gasteiger partial charge in [0.05, 0.1) is 34.2 Å². The van der Waals surface area contributed by atoms with Crippen molar-refractivity contribution in [2.75, 3.05) is 31.6 Å². The summed E-state index contributed by atoms with van der Waals surface area (Å²) in [5.41, 5.74) is 1.05. The number of fused-ring (bicyclic) bond motifs is 1. The van der Waals surface area contributed by atoms with Crippen LogP contribution in [0.3, 0.4) is 0 Å². The summed E-state index contributed by atoms with van der Waals surface area (Å²) < 4.78 is 39.0. The Balaban J connectivity index is 1.44. The maximum atomic E-state index is 13.1. The third-order valence-electron chi connectivity index (χ3n) is 5.65. The maximum Gasteiger partial charge on any atom is 0.310 e. The Labute approximate surface area is 208 Å². The number of carbonyl (C=O) groups excluding carboxylic acids is 2.